The van der Waals surface area contributed by atoms with Gasteiger partial charge >= 0.3 is 0 Å². The first-order valence-corrected chi connectivity index (χ1v) is 10.4. The fraction of sp³-hybridized carbons (Fsp3) is 0.167. The molecule has 4 rings (SSSR count). The smallest absolute Gasteiger partial charge is 0.258 e. The summed E-state index contributed by atoms with van der Waals surface area (Å²) >= 11 is 3.41. The molecule has 5 heteroatoms. The molecule has 1 aliphatic rings. The quantitative estimate of drug-likeness (QED) is 0.617. The van der Waals surface area contributed by atoms with Gasteiger partial charge in [0.1, 0.15) is 0 Å². The number of hydrogen-bond acceptors (Lipinski definition) is 2. The van der Waals surface area contributed by atoms with E-state index in [1.165, 1.54) is 0 Å². The van der Waals surface area contributed by atoms with Crippen molar-refractivity contribution in [3.63, 3.8) is 0 Å². The predicted octanol–water partition coefficient (Wildman–Crippen LogP) is 4.89. The number of hydrogen-bond donors (Lipinski definition) is 1. The van der Waals surface area contributed by atoms with Crippen molar-refractivity contribution in [3.8, 4) is 0 Å². The predicted molar refractivity (Wildman–Crippen MR) is 118 cm³/mol. The summed E-state index contributed by atoms with van der Waals surface area (Å²) in [4.78, 5) is 27.3. The molecule has 4 nitrogen and oxygen atoms in total. The number of fused-ring (bicyclic) bond motifs is 1. The number of nitrogens with one attached hydrogen (secondary N) is 1. The number of benzene rings is 3. The Morgan fingerprint density at radius 3 is 2.55 bits per heavy atom. The zero-order valence-electron chi connectivity index (χ0n) is 16.1. The molecule has 0 saturated carbocycles. The Balaban J connectivity index is 1.50. The van der Waals surface area contributed by atoms with E-state index >= 15 is 0 Å². The Morgan fingerprint density at radius 2 is 1.79 bits per heavy atom. The van der Waals surface area contributed by atoms with Gasteiger partial charge in [0.25, 0.3) is 11.8 Å². The lowest BCUT2D eigenvalue weighted by atomic mass is 10.1. The van der Waals surface area contributed by atoms with Crippen molar-refractivity contribution in [2.45, 2.75) is 19.9 Å². The van der Waals surface area contributed by atoms with E-state index in [9.17, 15) is 9.59 Å². The average molecular weight is 449 g/mol. The van der Waals surface area contributed by atoms with Crippen LogP contribution in [0.1, 0.15) is 37.4 Å². The van der Waals surface area contributed by atoms with Crippen LogP contribution in [0.25, 0.3) is 0 Å². The zero-order chi connectivity index (χ0) is 20.4. The van der Waals surface area contributed by atoms with Crippen LogP contribution in [-0.4, -0.2) is 18.4 Å². The monoisotopic (exact) mass is 448 g/mol. The van der Waals surface area contributed by atoms with E-state index in [0.29, 0.717) is 24.2 Å². The van der Waals surface area contributed by atoms with E-state index in [-0.39, 0.29) is 11.8 Å². The number of carbonyl (C=O) groups excluding carboxylic acids is 2. The summed E-state index contributed by atoms with van der Waals surface area (Å²) in [7, 11) is 0. The number of carbonyl (C=O) groups is 2. The maximum Gasteiger partial charge on any atom is 0.258 e. The van der Waals surface area contributed by atoms with Crippen LogP contribution < -0.4 is 10.2 Å². The lowest BCUT2D eigenvalue weighted by Gasteiger charge is -2.18. The topological polar surface area (TPSA) is 49.4 Å². The Kier molecular flexibility index (Phi) is 5.49. The summed E-state index contributed by atoms with van der Waals surface area (Å²) in [5.41, 5.74) is 5.48. The molecule has 3 aromatic carbocycles. The molecule has 3 aromatic rings. The maximum atomic E-state index is 13.0. The van der Waals surface area contributed by atoms with Gasteiger partial charge in [0.2, 0.25) is 0 Å². The van der Waals surface area contributed by atoms with Gasteiger partial charge in [-0.25, -0.2) is 0 Å². The second-order valence-corrected chi connectivity index (χ2v) is 8.05. The van der Waals surface area contributed by atoms with Crippen molar-refractivity contribution in [1.29, 1.82) is 0 Å². The van der Waals surface area contributed by atoms with E-state index in [4.69, 9.17) is 0 Å². The summed E-state index contributed by atoms with van der Waals surface area (Å²) in [6.07, 6.45) is 0.844. The number of aryl methyl sites for hydroxylation is 1. The Morgan fingerprint density at radius 1 is 1.03 bits per heavy atom. The molecule has 1 heterocycles. The number of rotatable bonds is 4. The summed E-state index contributed by atoms with van der Waals surface area (Å²) in [6.45, 7) is 3.09. The Labute approximate surface area is 178 Å². The summed E-state index contributed by atoms with van der Waals surface area (Å²) < 4.78 is 0.765. The summed E-state index contributed by atoms with van der Waals surface area (Å²) in [5.74, 6) is -0.122. The average Bonchev–Trinajstić information content (AvgIpc) is 3.15. The van der Waals surface area contributed by atoms with Crippen LogP contribution in [0.3, 0.4) is 0 Å². The number of anilines is 1. The standard InChI is InChI=1S/C24H21BrN2O2/c1-16-6-9-19(10-7-16)24(29)27-13-12-18-11-8-17(14-22(18)27)15-26-23(28)20-4-2-3-5-21(20)25/h2-11,14H,12-13,15H2,1H3,(H,26,28). The minimum Gasteiger partial charge on any atom is -0.348 e. The van der Waals surface area contributed by atoms with Crippen molar-refractivity contribution in [1.82, 2.24) is 5.32 Å². The third-order valence-corrected chi connectivity index (χ3v) is 5.85. The van der Waals surface area contributed by atoms with Crippen LogP contribution in [0.2, 0.25) is 0 Å². The molecule has 0 aliphatic carbocycles. The summed E-state index contributed by atoms with van der Waals surface area (Å²) in [6, 6.07) is 21.1. The first-order chi connectivity index (χ1) is 14.0. The van der Waals surface area contributed by atoms with Crippen molar-refractivity contribution < 1.29 is 9.59 Å². The van der Waals surface area contributed by atoms with E-state index in [2.05, 4.69) is 27.3 Å². The molecule has 2 amide bonds. The zero-order valence-corrected chi connectivity index (χ0v) is 17.7. The van der Waals surface area contributed by atoms with E-state index < -0.39 is 0 Å². The second-order valence-electron chi connectivity index (χ2n) is 7.20. The van der Waals surface area contributed by atoms with Gasteiger partial charge in [0.15, 0.2) is 0 Å². The highest BCUT2D eigenvalue weighted by molar-refractivity contribution is 9.10. The van der Waals surface area contributed by atoms with Crippen LogP contribution in [0, 0.1) is 6.92 Å². The highest BCUT2D eigenvalue weighted by Crippen LogP contribution is 2.30. The van der Waals surface area contributed by atoms with Crippen molar-refractivity contribution in [2.24, 2.45) is 0 Å². The normalized spacial score (nSPS) is 12.6. The third kappa shape index (κ3) is 4.10. The highest BCUT2D eigenvalue weighted by atomic mass is 79.9. The molecule has 1 N–H and O–H groups in total. The molecular formula is C24H21BrN2O2. The molecule has 1 aliphatic heterocycles. The minimum atomic E-state index is -0.134. The van der Waals surface area contributed by atoms with Gasteiger partial charge in [0.05, 0.1) is 5.56 Å². The van der Waals surface area contributed by atoms with Crippen molar-refractivity contribution in [3.05, 3.63) is 99.0 Å². The molecular weight excluding hydrogens is 428 g/mol. The third-order valence-electron chi connectivity index (χ3n) is 5.16. The largest absolute Gasteiger partial charge is 0.348 e. The van der Waals surface area contributed by atoms with Gasteiger partial charge in [-0.2, -0.15) is 0 Å². The van der Waals surface area contributed by atoms with Gasteiger partial charge in [-0.05, 0) is 70.7 Å². The van der Waals surface area contributed by atoms with Gasteiger partial charge in [-0.15, -0.1) is 0 Å². The van der Waals surface area contributed by atoms with Crippen molar-refractivity contribution in [2.75, 3.05) is 11.4 Å². The summed E-state index contributed by atoms with van der Waals surface area (Å²) in [5, 5.41) is 2.96. The molecule has 29 heavy (non-hydrogen) atoms. The van der Waals surface area contributed by atoms with Gasteiger partial charge < -0.3 is 10.2 Å². The van der Waals surface area contributed by atoms with Crippen LogP contribution in [0.5, 0.6) is 0 Å². The second kappa shape index (κ2) is 8.21. The molecule has 0 fully saturated rings. The fourth-order valence-corrected chi connectivity index (χ4v) is 3.99. The lowest BCUT2D eigenvalue weighted by molar-refractivity contribution is 0.0948. The van der Waals surface area contributed by atoms with Crippen LogP contribution >= 0.6 is 15.9 Å². The van der Waals surface area contributed by atoms with E-state index in [1.54, 1.807) is 6.07 Å². The molecule has 0 radical (unpaired) electrons. The van der Waals surface area contributed by atoms with E-state index in [1.807, 2.05) is 66.4 Å². The number of amides is 2. The number of nitrogens with zero attached hydrogens (tertiary/aromatic N) is 1. The van der Waals surface area contributed by atoms with Crippen molar-refractivity contribution >= 4 is 33.4 Å². The lowest BCUT2D eigenvalue weighted by Crippen LogP contribution is -2.29. The van der Waals surface area contributed by atoms with Gasteiger partial charge in [-0.1, -0.05) is 42.0 Å². The SMILES string of the molecule is Cc1ccc(C(=O)N2CCc3ccc(CNC(=O)c4ccccc4Br)cc32)cc1. The first-order valence-electron chi connectivity index (χ1n) is 9.56. The highest BCUT2D eigenvalue weighted by Gasteiger charge is 2.25. The fourth-order valence-electron chi connectivity index (χ4n) is 3.52. The van der Waals surface area contributed by atoms with Crippen LogP contribution in [0.15, 0.2) is 71.2 Å². The van der Waals surface area contributed by atoms with Gasteiger partial charge in [-0.3, -0.25) is 9.59 Å². The molecule has 146 valence electrons. The first kappa shape index (κ1) is 19.4. The molecule has 0 saturated heterocycles. The molecule has 0 unspecified atom stereocenters. The van der Waals surface area contributed by atoms with Crippen LogP contribution in [0.4, 0.5) is 5.69 Å². The molecule has 0 aromatic heterocycles. The van der Waals surface area contributed by atoms with E-state index in [0.717, 1.165) is 33.3 Å². The van der Waals surface area contributed by atoms with Crippen LogP contribution in [-0.2, 0) is 13.0 Å². The Hall–Kier alpha value is -2.92. The maximum absolute atomic E-state index is 13.0. The molecule has 0 bridgehead atoms. The number of halogens is 1. The Bertz CT molecular complexity index is 1080. The minimum absolute atomic E-state index is 0.0122. The van der Waals surface area contributed by atoms with Gasteiger partial charge in [0, 0.05) is 28.8 Å². The molecule has 0 spiro atoms. The molecule has 0 atom stereocenters.